The standard InChI is InChI=1S/C15H22OS/c1-10-7-11(2)13(4)14(12(10)3)15(5-6-17)8-16-9-15/h7,17H,5-6,8-9H2,1-4H3. The second-order valence-electron chi connectivity index (χ2n) is 5.38. The maximum atomic E-state index is 5.50. The molecule has 0 unspecified atom stereocenters. The minimum atomic E-state index is 0.229. The van der Waals surface area contributed by atoms with Crippen LogP contribution in [0.1, 0.15) is 34.2 Å². The minimum Gasteiger partial charge on any atom is -0.379 e. The predicted molar refractivity (Wildman–Crippen MR) is 76.4 cm³/mol. The molecular weight excluding hydrogens is 228 g/mol. The molecule has 0 aromatic heterocycles. The van der Waals surface area contributed by atoms with Gasteiger partial charge in [0.05, 0.1) is 13.2 Å². The molecule has 1 aliphatic rings. The van der Waals surface area contributed by atoms with Gasteiger partial charge in [0, 0.05) is 5.41 Å². The molecule has 1 nitrogen and oxygen atoms in total. The maximum absolute atomic E-state index is 5.50. The zero-order valence-corrected chi connectivity index (χ0v) is 12.2. The van der Waals surface area contributed by atoms with Crippen LogP contribution >= 0.6 is 12.6 Å². The Hall–Kier alpha value is -0.470. The quantitative estimate of drug-likeness (QED) is 0.808. The van der Waals surface area contributed by atoms with Crippen molar-refractivity contribution in [2.75, 3.05) is 19.0 Å². The first-order valence-corrected chi connectivity index (χ1v) is 6.91. The third-order valence-corrected chi connectivity index (χ3v) is 4.47. The summed E-state index contributed by atoms with van der Waals surface area (Å²) < 4.78 is 5.50. The van der Waals surface area contributed by atoms with Crippen LogP contribution in [0.25, 0.3) is 0 Å². The van der Waals surface area contributed by atoms with Crippen LogP contribution in [0.2, 0.25) is 0 Å². The lowest BCUT2D eigenvalue weighted by Crippen LogP contribution is -2.48. The lowest BCUT2D eigenvalue weighted by Gasteiger charge is -2.44. The third-order valence-electron chi connectivity index (χ3n) is 4.24. The summed E-state index contributed by atoms with van der Waals surface area (Å²) in [6, 6.07) is 2.29. The first-order valence-electron chi connectivity index (χ1n) is 6.28. The van der Waals surface area contributed by atoms with Crippen LogP contribution in [0, 0.1) is 27.7 Å². The van der Waals surface area contributed by atoms with E-state index in [9.17, 15) is 0 Å². The highest BCUT2D eigenvalue weighted by atomic mass is 32.1. The number of benzene rings is 1. The first-order chi connectivity index (χ1) is 8.02. The fourth-order valence-corrected chi connectivity index (χ4v) is 3.42. The van der Waals surface area contributed by atoms with Gasteiger partial charge in [0.2, 0.25) is 0 Å². The van der Waals surface area contributed by atoms with Crippen molar-refractivity contribution in [2.24, 2.45) is 0 Å². The molecule has 2 rings (SSSR count). The molecule has 0 bridgehead atoms. The summed E-state index contributed by atoms with van der Waals surface area (Å²) in [5, 5.41) is 0. The van der Waals surface area contributed by atoms with E-state index < -0.39 is 0 Å². The Morgan fingerprint density at radius 2 is 1.65 bits per heavy atom. The average Bonchev–Trinajstić information content (AvgIpc) is 2.23. The van der Waals surface area contributed by atoms with Crippen molar-refractivity contribution < 1.29 is 4.74 Å². The van der Waals surface area contributed by atoms with E-state index in [1.165, 1.54) is 27.8 Å². The molecule has 2 heteroatoms. The van der Waals surface area contributed by atoms with Crippen molar-refractivity contribution in [1.82, 2.24) is 0 Å². The van der Waals surface area contributed by atoms with Gasteiger partial charge in [-0.2, -0.15) is 12.6 Å². The second kappa shape index (κ2) is 4.66. The van der Waals surface area contributed by atoms with E-state index >= 15 is 0 Å². The number of thiol groups is 1. The van der Waals surface area contributed by atoms with E-state index in [0.29, 0.717) is 0 Å². The van der Waals surface area contributed by atoms with Crippen LogP contribution in [-0.4, -0.2) is 19.0 Å². The fraction of sp³-hybridized carbons (Fsp3) is 0.600. The van der Waals surface area contributed by atoms with E-state index in [0.717, 1.165) is 25.4 Å². The molecule has 0 aliphatic carbocycles. The van der Waals surface area contributed by atoms with Crippen molar-refractivity contribution in [3.8, 4) is 0 Å². The Kier molecular flexibility index (Phi) is 3.55. The van der Waals surface area contributed by atoms with Crippen LogP contribution in [0.3, 0.4) is 0 Å². The molecule has 0 atom stereocenters. The van der Waals surface area contributed by atoms with Gasteiger partial charge >= 0.3 is 0 Å². The van der Waals surface area contributed by atoms with Crippen molar-refractivity contribution >= 4 is 12.6 Å². The summed E-state index contributed by atoms with van der Waals surface area (Å²) in [6.07, 6.45) is 1.11. The van der Waals surface area contributed by atoms with Gasteiger partial charge in [-0.25, -0.2) is 0 Å². The summed E-state index contributed by atoms with van der Waals surface area (Å²) in [5.74, 6) is 0.926. The molecular formula is C15H22OS. The Balaban J connectivity index is 2.57. The Morgan fingerprint density at radius 1 is 1.12 bits per heavy atom. The van der Waals surface area contributed by atoms with Crippen LogP contribution < -0.4 is 0 Å². The molecule has 0 spiro atoms. The van der Waals surface area contributed by atoms with Crippen molar-refractivity contribution in [2.45, 2.75) is 39.5 Å². The largest absolute Gasteiger partial charge is 0.379 e. The summed E-state index contributed by atoms with van der Waals surface area (Å²) in [5.41, 5.74) is 7.43. The lowest BCUT2D eigenvalue weighted by molar-refractivity contribution is -0.0620. The molecule has 0 radical (unpaired) electrons. The van der Waals surface area contributed by atoms with Crippen molar-refractivity contribution in [1.29, 1.82) is 0 Å². The molecule has 1 fully saturated rings. The van der Waals surface area contributed by atoms with E-state index in [1.54, 1.807) is 0 Å². The molecule has 1 aliphatic heterocycles. The number of rotatable bonds is 3. The van der Waals surface area contributed by atoms with Gasteiger partial charge in [-0.3, -0.25) is 0 Å². The van der Waals surface area contributed by atoms with E-state index in [-0.39, 0.29) is 5.41 Å². The van der Waals surface area contributed by atoms with E-state index in [2.05, 4.69) is 46.4 Å². The van der Waals surface area contributed by atoms with Gasteiger partial charge in [0.15, 0.2) is 0 Å². The maximum Gasteiger partial charge on any atom is 0.0586 e. The molecule has 17 heavy (non-hydrogen) atoms. The van der Waals surface area contributed by atoms with Crippen molar-refractivity contribution in [3.05, 3.63) is 33.9 Å². The topological polar surface area (TPSA) is 9.23 Å². The number of hydrogen-bond acceptors (Lipinski definition) is 2. The Bertz CT molecular complexity index is 407. The monoisotopic (exact) mass is 250 g/mol. The van der Waals surface area contributed by atoms with Crippen LogP contribution in [-0.2, 0) is 10.2 Å². The smallest absolute Gasteiger partial charge is 0.0586 e. The highest BCUT2D eigenvalue weighted by Gasteiger charge is 2.41. The molecule has 1 heterocycles. The van der Waals surface area contributed by atoms with Crippen molar-refractivity contribution in [3.63, 3.8) is 0 Å². The SMILES string of the molecule is Cc1cc(C)c(C)c(C2(CCS)COC2)c1C. The van der Waals surface area contributed by atoms with Gasteiger partial charge in [0.1, 0.15) is 0 Å². The molecule has 1 saturated heterocycles. The summed E-state index contributed by atoms with van der Waals surface area (Å²) in [6.45, 7) is 10.6. The first kappa shape index (κ1) is 13.0. The Labute approximate surface area is 110 Å². The zero-order valence-electron chi connectivity index (χ0n) is 11.3. The van der Waals surface area contributed by atoms with Crippen LogP contribution in [0.5, 0.6) is 0 Å². The van der Waals surface area contributed by atoms with Gasteiger partial charge in [-0.05, 0) is 67.7 Å². The molecule has 94 valence electrons. The highest BCUT2D eigenvalue weighted by molar-refractivity contribution is 7.80. The van der Waals surface area contributed by atoms with Gasteiger partial charge in [-0.1, -0.05) is 6.07 Å². The normalized spacial score (nSPS) is 17.9. The Morgan fingerprint density at radius 3 is 2.00 bits per heavy atom. The van der Waals surface area contributed by atoms with Crippen LogP contribution in [0.15, 0.2) is 6.07 Å². The lowest BCUT2D eigenvalue weighted by atomic mass is 9.71. The predicted octanol–water partition coefficient (Wildman–Crippen LogP) is 3.51. The van der Waals surface area contributed by atoms with Gasteiger partial charge < -0.3 is 4.74 Å². The molecule has 0 saturated carbocycles. The summed E-state index contributed by atoms with van der Waals surface area (Å²) in [7, 11) is 0. The van der Waals surface area contributed by atoms with Crippen LogP contribution in [0.4, 0.5) is 0 Å². The summed E-state index contributed by atoms with van der Waals surface area (Å²) in [4.78, 5) is 0. The van der Waals surface area contributed by atoms with E-state index in [1.807, 2.05) is 0 Å². The van der Waals surface area contributed by atoms with Gasteiger partial charge in [-0.15, -0.1) is 0 Å². The van der Waals surface area contributed by atoms with E-state index in [4.69, 9.17) is 4.74 Å². The third kappa shape index (κ3) is 2.02. The number of ether oxygens (including phenoxy) is 1. The van der Waals surface area contributed by atoms with Gasteiger partial charge in [0.25, 0.3) is 0 Å². The second-order valence-corrected chi connectivity index (χ2v) is 5.83. The summed E-state index contributed by atoms with van der Waals surface area (Å²) >= 11 is 4.42. The average molecular weight is 250 g/mol. The minimum absolute atomic E-state index is 0.229. The molecule has 1 aromatic carbocycles. The molecule has 1 aromatic rings. The zero-order chi connectivity index (χ0) is 12.6. The molecule has 0 N–H and O–H groups in total. The highest BCUT2D eigenvalue weighted by Crippen LogP contribution is 2.41. The molecule has 0 amide bonds. The fourth-order valence-electron chi connectivity index (χ4n) is 2.99. The number of hydrogen-bond donors (Lipinski definition) is 1. The number of aryl methyl sites for hydroxylation is 2.